The number of alkyl halides is 1. The Morgan fingerprint density at radius 3 is 2.91 bits per heavy atom. The Morgan fingerprint density at radius 2 is 2.18 bits per heavy atom. The quantitative estimate of drug-likeness (QED) is 0.482. The number of ether oxygens (including phenoxy) is 2. The van der Waals surface area contributed by atoms with Gasteiger partial charge in [0.05, 0.1) is 18.5 Å². The number of aromatic amines is 1. The highest BCUT2D eigenvalue weighted by molar-refractivity contribution is 5.69. The Hall–Kier alpha value is -3.28. The van der Waals surface area contributed by atoms with Gasteiger partial charge in [0.2, 0.25) is 5.95 Å². The van der Waals surface area contributed by atoms with Crippen LogP contribution in [0.25, 0.3) is 5.65 Å². The Balaban J connectivity index is 1.12. The van der Waals surface area contributed by atoms with Crippen LogP contribution in [0.2, 0.25) is 0 Å². The number of fused-ring (bicyclic) bond motifs is 1. The molecular weight excluding hydrogens is 448 g/mol. The van der Waals surface area contributed by atoms with Crippen LogP contribution in [0.5, 0.6) is 0 Å². The summed E-state index contributed by atoms with van der Waals surface area (Å²) in [6.07, 6.45) is 4.00. The van der Waals surface area contributed by atoms with Crippen molar-refractivity contribution in [3.8, 4) is 0 Å². The van der Waals surface area contributed by atoms with Crippen LogP contribution < -0.4 is 10.6 Å². The minimum absolute atomic E-state index is 0.102. The number of hydrogen-bond donors (Lipinski definition) is 3. The van der Waals surface area contributed by atoms with E-state index in [1.54, 1.807) is 12.3 Å². The summed E-state index contributed by atoms with van der Waals surface area (Å²) in [7, 11) is 1.53. The van der Waals surface area contributed by atoms with Crippen LogP contribution in [0.1, 0.15) is 49.4 Å². The van der Waals surface area contributed by atoms with Crippen LogP contribution in [0, 0.1) is 11.7 Å². The molecule has 0 radical (unpaired) electrons. The van der Waals surface area contributed by atoms with E-state index < -0.39 is 30.1 Å². The van der Waals surface area contributed by atoms with Gasteiger partial charge in [-0.3, -0.25) is 9.50 Å². The van der Waals surface area contributed by atoms with Crippen LogP contribution in [-0.4, -0.2) is 55.6 Å². The number of methoxy groups -OCH3 is 1. The molecule has 10 nitrogen and oxygen atoms in total. The maximum absolute atomic E-state index is 15.1. The number of carbonyl (C=O) groups is 1. The number of halogens is 2. The van der Waals surface area contributed by atoms with Crippen molar-refractivity contribution >= 4 is 23.5 Å². The molecule has 0 saturated heterocycles. The molecule has 1 amide bonds. The molecule has 4 aliphatic rings. The fraction of sp³-hybridized carbons (Fsp3) is 0.545. The molecule has 7 rings (SSSR count). The first-order valence-corrected chi connectivity index (χ1v) is 11.4. The Labute approximate surface area is 193 Å². The summed E-state index contributed by atoms with van der Waals surface area (Å²) < 4.78 is 41.2. The smallest absolute Gasteiger partial charge is 0.407 e. The molecule has 4 aliphatic carbocycles. The molecule has 2 bridgehead atoms. The number of imidazole rings is 1. The van der Waals surface area contributed by atoms with Gasteiger partial charge in [0.15, 0.2) is 17.3 Å². The van der Waals surface area contributed by atoms with Gasteiger partial charge < -0.3 is 20.1 Å². The highest BCUT2D eigenvalue weighted by Crippen LogP contribution is 2.57. The lowest BCUT2D eigenvalue weighted by atomic mass is 9.50. The topological polar surface area (TPSA) is 118 Å². The van der Waals surface area contributed by atoms with Gasteiger partial charge in [-0.1, -0.05) is 0 Å². The summed E-state index contributed by atoms with van der Waals surface area (Å²) in [4.78, 5) is 20.5. The number of hydrogen-bond acceptors (Lipinski definition) is 7. The maximum Gasteiger partial charge on any atom is 0.407 e. The van der Waals surface area contributed by atoms with Gasteiger partial charge in [-0.15, -0.1) is 0 Å². The lowest BCUT2D eigenvalue weighted by Gasteiger charge is -2.61. The van der Waals surface area contributed by atoms with Gasteiger partial charge >= 0.3 is 6.09 Å². The molecule has 4 fully saturated rings. The molecule has 3 aromatic rings. The van der Waals surface area contributed by atoms with Crippen LogP contribution in [0.4, 0.5) is 25.3 Å². The van der Waals surface area contributed by atoms with Crippen molar-refractivity contribution < 1.29 is 23.0 Å². The van der Waals surface area contributed by atoms with Crippen LogP contribution in [0.3, 0.4) is 0 Å². The van der Waals surface area contributed by atoms with E-state index in [0.717, 1.165) is 31.4 Å². The monoisotopic (exact) mass is 473 g/mol. The molecule has 3 N–H and O–H groups in total. The Morgan fingerprint density at radius 1 is 1.35 bits per heavy atom. The first kappa shape index (κ1) is 21.3. The Kier molecular flexibility index (Phi) is 4.94. The molecule has 0 unspecified atom stereocenters. The van der Waals surface area contributed by atoms with Gasteiger partial charge in [-0.05, 0) is 38.0 Å². The zero-order valence-electron chi connectivity index (χ0n) is 18.6. The van der Waals surface area contributed by atoms with Crippen molar-refractivity contribution in [2.75, 3.05) is 12.4 Å². The molecule has 3 atom stereocenters. The number of rotatable bonds is 7. The minimum atomic E-state index is -1.34. The predicted octanol–water partition coefficient (Wildman–Crippen LogP) is 3.34. The first-order chi connectivity index (χ1) is 16.4. The first-order valence-electron chi connectivity index (χ1n) is 11.4. The van der Waals surface area contributed by atoms with Gasteiger partial charge in [0.1, 0.15) is 12.3 Å². The van der Waals surface area contributed by atoms with Crippen LogP contribution >= 0.6 is 0 Å². The lowest BCUT2D eigenvalue weighted by molar-refractivity contribution is -0.0532. The number of amides is 1. The number of alkyl carbamates (subject to hydrolysis) is 1. The number of nitrogens with zero attached hydrogens (tertiary/aromatic N) is 4. The van der Waals surface area contributed by atoms with E-state index in [4.69, 9.17) is 9.47 Å². The summed E-state index contributed by atoms with van der Waals surface area (Å²) in [5.41, 5.74) is 1.15. The van der Waals surface area contributed by atoms with Gasteiger partial charge in [-0.2, -0.15) is 5.10 Å². The largest absolute Gasteiger partial charge is 0.443 e. The second-order valence-corrected chi connectivity index (χ2v) is 9.58. The molecule has 0 aliphatic heterocycles. The van der Waals surface area contributed by atoms with E-state index in [1.165, 1.54) is 11.5 Å². The normalized spacial score (nSPS) is 29.5. The maximum atomic E-state index is 15.1. The number of aromatic nitrogens is 5. The molecular formula is C22H25F2N7O3. The Bertz CT molecular complexity index is 1230. The summed E-state index contributed by atoms with van der Waals surface area (Å²) in [5, 5.41) is 13.0. The zero-order chi connectivity index (χ0) is 23.4. The molecule has 12 heteroatoms. The predicted molar refractivity (Wildman–Crippen MR) is 116 cm³/mol. The summed E-state index contributed by atoms with van der Waals surface area (Å²) in [6.45, 7) is 0.232. The standard InChI is InChI=1S/C22H25F2N7O3/c1-33-10-12-9-31-19(26-12)14(23)8-25-20(31)27-17-4-15(29-30-17)13-2-3-16(18(13)24)34-21(32)28-22-5-11(6-22)7-22/h4,8-9,11,13,16,18H,2-3,5-7,10H2,1H3,(H,28,32)(H2,25,27,29,30)/t11?,13-,16-,18+,22?/m0/s1. The van der Waals surface area contributed by atoms with Crippen molar-refractivity contribution in [2.45, 2.75) is 62.4 Å². The molecule has 0 spiro atoms. The second-order valence-electron chi connectivity index (χ2n) is 9.58. The molecule has 3 heterocycles. The van der Waals surface area contributed by atoms with Crippen molar-refractivity contribution in [3.63, 3.8) is 0 Å². The number of carbonyl (C=O) groups excluding carboxylic acids is 1. The van der Waals surface area contributed by atoms with Crippen molar-refractivity contribution in [3.05, 3.63) is 35.7 Å². The van der Waals surface area contributed by atoms with E-state index in [0.29, 0.717) is 36.0 Å². The third-order valence-electron chi connectivity index (χ3n) is 7.19. The molecule has 0 aromatic carbocycles. The van der Waals surface area contributed by atoms with Crippen LogP contribution in [0.15, 0.2) is 18.5 Å². The average molecular weight is 473 g/mol. The fourth-order valence-corrected chi connectivity index (χ4v) is 5.40. The highest BCUT2D eigenvalue weighted by Gasteiger charge is 2.58. The van der Waals surface area contributed by atoms with E-state index >= 15 is 4.39 Å². The number of anilines is 2. The van der Waals surface area contributed by atoms with Gasteiger partial charge in [0, 0.05) is 36.5 Å². The summed E-state index contributed by atoms with van der Waals surface area (Å²) >= 11 is 0. The third-order valence-corrected chi connectivity index (χ3v) is 7.19. The zero-order valence-corrected chi connectivity index (χ0v) is 18.6. The third kappa shape index (κ3) is 3.56. The second kappa shape index (κ2) is 7.90. The van der Waals surface area contributed by atoms with E-state index in [1.807, 2.05) is 0 Å². The highest BCUT2D eigenvalue weighted by atomic mass is 19.1. The van der Waals surface area contributed by atoms with Crippen molar-refractivity contribution in [1.82, 2.24) is 29.9 Å². The molecule has 3 aromatic heterocycles. The van der Waals surface area contributed by atoms with E-state index in [2.05, 4.69) is 30.8 Å². The van der Waals surface area contributed by atoms with E-state index in [9.17, 15) is 9.18 Å². The number of H-pyrrole nitrogens is 1. The fourth-order valence-electron chi connectivity index (χ4n) is 5.40. The van der Waals surface area contributed by atoms with Crippen molar-refractivity contribution in [2.24, 2.45) is 5.92 Å². The lowest BCUT2D eigenvalue weighted by Crippen LogP contribution is -2.68. The molecule has 4 saturated carbocycles. The summed E-state index contributed by atoms with van der Waals surface area (Å²) in [6, 6.07) is 1.69. The van der Waals surface area contributed by atoms with E-state index in [-0.39, 0.29) is 17.8 Å². The van der Waals surface area contributed by atoms with Crippen molar-refractivity contribution in [1.29, 1.82) is 0 Å². The summed E-state index contributed by atoms with van der Waals surface area (Å²) in [5.74, 6) is 0.398. The molecule has 34 heavy (non-hydrogen) atoms. The molecule has 180 valence electrons. The van der Waals surface area contributed by atoms with Crippen LogP contribution in [-0.2, 0) is 16.1 Å². The minimum Gasteiger partial charge on any atom is -0.443 e. The number of nitrogens with one attached hydrogen (secondary N) is 3. The SMILES string of the molecule is COCc1cn2c(Nc3cc([C@@H]4CC[C@H](OC(=O)NC56CC(C5)C6)[C@@H]4F)[nH]n3)ncc(F)c2n1. The van der Waals surface area contributed by atoms with Gasteiger partial charge in [-0.25, -0.2) is 23.5 Å². The average Bonchev–Trinajstić information content (AvgIpc) is 3.47. The van der Waals surface area contributed by atoms with Gasteiger partial charge in [0.25, 0.3) is 0 Å².